The van der Waals surface area contributed by atoms with E-state index in [-0.39, 0.29) is 5.91 Å². The number of piperazine rings is 1. The van der Waals surface area contributed by atoms with E-state index in [0.717, 1.165) is 43.6 Å². The minimum Gasteiger partial charge on any atom is -0.461 e. The fourth-order valence-electron chi connectivity index (χ4n) is 2.66. The molecular formula is C16H22N2O2. The van der Waals surface area contributed by atoms with Gasteiger partial charge in [-0.2, -0.15) is 0 Å². The summed E-state index contributed by atoms with van der Waals surface area (Å²) < 4.78 is 5.77. The molecule has 0 N–H and O–H groups in total. The van der Waals surface area contributed by atoms with Crippen molar-refractivity contribution >= 4 is 12.0 Å². The Bertz CT molecular complexity index is 512. The Balaban J connectivity index is 1.56. The lowest BCUT2D eigenvalue weighted by Crippen LogP contribution is -2.46. The zero-order chi connectivity index (χ0) is 14.1. The first-order chi connectivity index (χ1) is 9.63. The topological polar surface area (TPSA) is 36.7 Å². The van der Waals surface area contributed by atoms with Gasteiger partial charge >= 0.3 is 0 Å². The van der Waals surface area contributed by atoms with E-state index < -0.39 is 0 Å². The van der Waals surface area contributed by atoms with Gasteiger partial charge in [0.15, 0.2) is 0 Å². The summed E-state index contributed by atoms with van der Waals surface area (Å²) in [5.41, 5.74) is 0. The Kier molecular flexibility index (Phi) is 3.66. The molecule has 1 amide bonds. The molecule has 108 valence electrons. The Morgan fingerprint density at radius 3 is 2.65 bits per heavy atom. The molecular weight excluding hydrogens is 252 g/mol. The van der Waals surface area contributed by atoms with Gasteiger partial charge in [-0.1, -0.05) is 6.92 Å². The minimum atomic E-state index is 0.0795. The number of carbonyl (C=O) groups excluding carboxylic acids is 1. The van der Waals surface area contributed by atoms with E-state index in [0.29, 0.717) is 5.92 Å². The van der Waals surface area contributed by atoms with Gasteiger partial charge in [-0.3, -0.25) is 4.79 Å². The van der Waals surface area contributed by atoms with Crippen molar-refractivity contribution in [3.8, 4) is 0 Å². The molecule has 2 atom stereocenters. The van der Waals surface area contributed by atoms with Crippen LogP contribution in [0.5, 0.6) is 0 Å². The summed E-state index contributed by atoms with van der Waals surface area (Å²) in [5, 5.41) is 0. The summed E-state index contributed by atoms with van der Waals surface area (Å²) in [6.07, 6.45) is 4.64. The highest BCUT2D eigenvalue weighted by Crippen LogP contribution is 2.47. The van der Waals surface area contributed by atoms with Gasteiger partial charge in [0, 0.05) is 38.2 Å². The van der Waals surface area contributed by atoms with Gasteiger partial charge in [0.05, 0.1) is 0 Å². The lowest BCUT2D eigenvalue weighted by Gasteiger charge is -2.31. The van der Waals surface area contributed by atoms with Crippen molar-refractivity contribution in [1.82, 2.24) is 9.80 Å². The monoisotopic (exact) mass is 274 g/mol. The summed E-state index contributed by atoms with van der Waals surface area (Å²) in [5.74, 6) is 3.25. The second-order valence-corrected chi connectivity index (χ2v) is 6.02. The van der Waals surface area contributed by atoms with Gasteiger partial charge < -0.3 is 14.2 Å². The van der Waals surface area contributed by atoms with Gasteiger partial charge in [-0.15, -0.1) is 0 Å². The Morgan fingerprint density at radius 2 is 2.00 bits per heavy atom. The van der Waals surface area contributed by atoms with Crippen LogP contribution in [-0.4, -0.2) is 48.9 Å². The molecule has 2 fully saturated rings. The molecule has 1 aromatic rings. The lowest BCUT2D eigenvalue weighted by molar-refractivity contribution is -0.127. The first kappa shape index (κ1) is 13.4. The fraction of sp³-hybridized carbons (Fsp3) is 0.562. The molecule has 1 aliphatic heterocycles. The minimum absolute atomic E-state index is 0.0795. The second kappa shape index (κ2) is 5.44. The molecule has 2 unspecified atom stereocenters. The molecule has 1 saturated carbocycles. The average Bonchev–Trinajstić information content (AvgIpc) is 3.00. The van der Waals surface area contributed by atoms with Crippen molar-refractivity contribution in [3.05, 3.63) is 29.7 Å². The zero-order valence-corrected chi connectivity index (χ0v) is 12.2. The number of nitrogens with zero attached hydrogens (tertiary/aromatic N) is 2. The molecule has 1 aromatic heterocycles. The van der Waals surface area contributed by atoms with Gasteiger partial charge in [0.25, 0.3) is 0 Å². The van der Waals surface area contributed by atoms with Crippen LogP contribution in [0.3, 0.4) is 0 Å². The average molecular weight is 274 g/mol. The van der Waals surface area contributed by atoms with Crippen LogP contribution >= 0.6 is 0 Å². The quantitative estimate of drug-likeness (QED) is 0.793. The smallest absolute Gasteiger partial charge is 0.246 e. The molecule has 0 bridgehead atoms. The number of likely N-dealkylation sites (N-methyl/N-ethyl adjacent to an activating group) is 1. The molecule has 20 heavy (non-hydrogen) atoms. The van der Waals surface area contributed by atoms with Crippen LogP contribution in [0.2, 0.25) is 0 Å². The maximum Gasteiger partial charge on any atom is 0.246 e. The predicted molar refractivity (Wildman–Crippen MR) is 78.3 cm³/mol. The third-order valence-corrected chi connectivity index (χ3v) is 4.33. The van der Waals surface area contributed by atoms with Crippen LogP contribution in [0, 0.1) is 5.92 Å². The largest absolute Gasteiger partial charge is 0.461 e. The number of hydrogen-bond donors (Lipinski definition) is 0. The van der Waals surface area contributed by atoms with Crippen molar-refractivity contribution in [3.63, 3.8) is 0 Å². The highest BCUT2D eigenvalue weighted by Gasteiger charge is 2.36. The number of rotatable bonds is 3. The highest BCUT2D eigenvalue weighted by atomic mass is 16.3. The Hall–Kier alpha value is -1.55. The van der Waals surface area contributed by atoms with Gasteiger partial charge in [0.2, 0.25) is 5.91 Å². The summed E-state index contributed by atoms with van der Waals surface area (Å²) >= 11 is 0. The third kappa shape index (κ3) is 2.96. The second-order valence-electron chi connectivity index (χ2n) is 6.02. The molecule has 3 rings (SSSR count). The normalized spacial score (nSPS) is 27.2. The van der Waals surface area contributed by atoms with Gasteiger partial charge in [-0.25, -0.2) is 0 Å². The third-order valence-electron chi connectivity index (χ3n) is 4.33. The van der Waals surface area contributed by atoms with E-state index in [9.17, 15) is 4.79 Å². The van der Waals surface area contributed by atoms with E-state index >= 15 is 0 Å². The predicted octanol–water partition coefficient (Wildman–Crippen LogP) is 2.19. The van der Waals surface area contributed by atoms with Crippen molar-refractivity contribution in [2.24, 2.45) is 5.92 Å². The van der Waals surface area contributed by atoms with Gasteiger partial charge in [-0.05, 0) is 37.6 Å². The summed E-state index contributed by atoms with van der Waals surface area (Å²) in [6.45, 7) is 5.75. The maximum absolute atomic E-state index is 12.1. The van der Waals surface area contributed by atoms with Crippen molar-refractivity contribution in [1.29, 1.82) is 0 Å². The van der Waals surface area contributed by atoms with Crippen LogP contribution in [0.1, 0.15) is 30.8 Å². The summed E-state index contributed by atoms with van der Waals surface area (Å²) in [7, 11) is 2.08. The van der Waals surface area contributed by atoms with Crippen molar-refractivity contribution in [2.45, 2.75) is 19.3 Å². The number of amides is 1. The van der Waals surface area contributed by atoms with Gasteiger partial charge in [0.1, 0.15) is 11.5 Å². The maximum atomic E-state index is 12.1. The Labute approximate surface area is 120 Å². The summed E-state index contributed by atoms with van der Waals surface area (Å²) in [6, 6.07) is 3.99. The van der Waals surface area contributed by atoms with Crippen molar-refractivity contribution < 1.29 is 9.21 Å². The standard InChI is InChI=1S/C16H22N2O2/c1-12-11-14(12)15-5-3-13(20-15)4-6-16(19)18-9-7-17(2)8-10-18/h3-6,12,14H,7-11H2,1-2H3/b6-4+. The first-order valence-corrected chi connectivity index (χ1v) is 7.39. The van der Waals surface area contributed by atoms with Crippen molar-refractivity contribution in [2.75, 3.05) is 33.2 Å². The summed E-state index contributed by atoms with van der Waals surface area (Å²) in [4.78, 5) is 16.2. The molecule has 2 aliphatic rings. The molecule has 0 spiro atoms. The van der Waals surface area contributed by atoms with Crippen LogP contribution in [0.25, 0.3) is 6.08 Å². The molecule has 4 heteroatoms. The molecule has 0 radical (unpaired) electrons. The van der Waals surface area contributed by atoms with Crippen LogP contribution in [0.4, 0.5) is 0 Å². The number of furan rings is 1. The fourth-order valence-corrected chi connectivity index (χ4v) is 2.66. The molecule has 1 saturated heterocycles. The van der Waals surface area contributed by atoms with Crippen LogP contribution in [-0.2, 0) is 4.79 Å². The highest BCUT2D eigenvalue weighted by molar-refractivity contribution is 5.91. The number of carbonyl (C=O) groups is 1. The first-order valence-electron chi connectivity index (χ1n) is 7.39. The number of hydrogen-bond acceptors (Lipinski definition) is 3. The van der Waals surface area contributed by atoms with E-state index in [1.54, 1.807) is 12.2 Å². The van der Waals surface area contributed by atoms with Crippen LogP contribution in [0.15, 0.2) is 22.6 Å². The molecule has 1 aliphatic carbocycles. The zero-order valence-electron chi connectivity index (χ0n) is 12.2. The van der Waals surface area contributed by atoms with Crippen LogP contribution < -0.4 is 0 Å². The molecule has 2 heterocycles. The van der Waals surface area contributed by atoms with E-state index in [4.69, 9.17) is 4.42 Å². The molecule has 4 nitrogen and oxygen atoms in total. The van der Waals surface area contributed by atoms with E-state index in [1.165, 1.54) is 6.42 Å². The lowest BCUT2D eigenvalue weighted by atomic mass is 10.3. The molecule has 0 aromatic carbocycles. The van der Waals surface area contributed by atoms with E-state index in [2.05, 4.69) is 18.9 Å². The SMILES string of the molecule is CC1CC1c1ccc(/C=C/C(=O)N2CCN(C)CC2)o1. The van der Waals surface area contributed by atoms with E-state index in [1.807, 2.05) is 17.0 Å². The Morgan fingerprint density at radius 1 is 1.30 bits per heavy atom.